The molecule has 6 nitrogen and oxygen atoms in total. The Morgan fingerprint density at radius 1 is 0.720 bits per heavy atom. The maximum atomic E-state index is 10.9. The van der Waals surface area contributed by atoms with Gasteiger partial charge in [0.05, 0.1) is 0 Å². The van der Waals surface area contributed by atoms with Crippen LogP contribution in [0.25, 0.3) is 0 Å². The monoisotopic (exact) mass is 352 g/mol. The summed E-state index contributed by atoms with van der Waals surface area (Å²) in [7, 11) is 0. The number of amides is 2. The van der Waals surface area contributed by atoms with E-state index in [0.29, 0.717) is 12.8 Å². The fraction of sp³-hybridized carbons (Fsp3) is 0.895. The molecule has 144 valence electrons. The Balaban J connectivity index is 1.50. The van der Waals surface area contributed by atoms with Crippen LogP contribution in [0.3, 0.4) is 0 Å². The standard InChI is InChI=1S/C19H36N4O2/c20-18(24)8-14-22-10-4-16(5-11-22)2-1-3-17-6-12-23(13-7-17)15-9-19(21)25/h16-17H,1-15H2,(H2,20,24)(H2,21,25). The summed E-state index contributed by atoms with van der Waals surface area (Å²) < 4.78 is 0. The minimum Gasteiger partial charge on any atom is -0.370 e. The molecule has 2 saturated heterocycles. The number of rotatable bonds is 10. The van der Waals surface area contributed by atoms with E-state index in [9.17, 15) is 9.59 Å². The van der Waals surface area contributed by atoms with Crippen LogP contribution in [-0.2, 0) is 9.59 Å². The molecule has 0 spiro atoms. The molecule has 0 aromatic carbocycles. The number of piperidine rings is 2. The summed E-state index contributed by atoms with van der Waals surface area (Å²) in [6, 6.07) is 0. The fourth-order valence-electron chi connectivity index (χ4n) is 4.23. The van der Waals surface area contributed by atoms with E-state index >= 15 is 0 Å². The Hall–Kier alpha value is -1.14. The van der Waals surface area contributed by atoms with E-state index in [4.69, 9.17) is 11.5 Å². The van der Waals surface area contributed by atoms with Gasteiger partial charge in [-0.2, -0.15) is 0 Å². The summed E-state index contributed by atoms with van der Waals surface area (Å²) in [5.74, 6) is 1.34. The van der Waals surface area contributed by atoms with Crippen LogP contribution in [0.5, 0.6) is 0 Å². The summed E-state index contributed by atoms with van der Waals surface area (Å²) >= 11 is 0. The first-order chi connectivity index (χ1) is 12.0. The van der Waals surface area contributed by atoms with Gasteiger partial charge in [0.2, 0.25) is 11.8 Å². The second-order valence-electron chi connectivity index (χ2n) is 7.93. The number of nitrogens with two attached hydrogens (primary N) is 2. The van der Waals surface area contributed by atoms with Gasteiger partial charge in [0.1, 0.15) is 0 Å². The normalized spacial score (nSPS) is 21.4. The first-order valence-electron chi connectivity index (χ1n) is 10.0. The van der Waals surface area contributed by atoms with Crippen molar-refractivity contribution in [3.05, 3.63) is 0 Å². The summed E-state index contributed by atoms with van der Waals surface area (Å²) in [6.45, 7) is 6.14. The highest BCUT2D eigenvalue weighted by Crippen LogP contribution is 2.27. The summed E-state index contributed by atoms with van der Waals surface area (Å²) in [5, 5.41) is 0. The average molecular weight is 353 g/mol. The second kappa shape index (κ2) is 10.8. The number of likely N-dealkylation sites (tertiary alicyclic amines) is 2. The van der Waals surface area contributed by atoms with Crippen molar-refractivity contribution >= 4 is 11.8 Å². The first-order valence-corrected chi connectivity index (χ1v) is 10.0. The predicted octanol–water partition coefficient (Wildman–Crippen LogP) is 1.33. The Bertz CT molecular complexity index is 376. The van der Waals surface area contributed by atoms with E-state index in [1.54, 1.807) is 0 Å². The van der Waals surface area contributed by atoms with E-state index in [0.717, 1.165) is 51.1 Å². The Kier molecular flexibility index (Phi) is 8.68. The zero-order valence-corrected chi connectivity index (χ0v) is 15.6. The lowest BCUT2D eigenvalue weighted by Gasteiger charge is -2.33. The van der Waals surface area contributed by atoms with Gasteiger partial charge >= 0.3 is 0 Å². The number of carbonyl (C=O) groups is 2. The van der Waals surface area contributed by atoms with Gasteiger partial charge in [-0.3, -0.25) is 9.59 Å². The molecule has 4 N–H and O–H groups in total. The topological polar surface area (TPSA) is 92.7 Å². The molecular formula is C19H36N4O2. The molecule has 0 radical (unpaired) electrons. The van der Waals surface area contributed by atoms with E-state index in [-0.39, 0.29) is 11.8 Å². The van der Waals surface area contributed by atoms with Crippen molar-refractivity contribution in [1.82, 2.24) is 9.80 Å². The van der Waals surface area contributed by atoms with E-state index in [2.05, 4.69) is 9.80 Å². The van der Waals surface area contributed by atoms with Crippen LogP contribution in [0.15, 0.2) is 0 Å². The number of primary amides is 2. The van der Waals surface area contributed by atoms with Gasteiger partial charge in [-0.15, -0.1) is 0 Å². The third-order valence-electron chi connectivity index (χ3n) is 5.99. The van der Waals surface area contributed by atoms with Crippen LogP contribution in [-0.4, -0.2) is 60.9 Å². The van der Waals surface area contributed by atoms with Crippen molar-refractivity contribution in [2.24, 2.45) is 23.3 Å². The fourth-order valence-corrected chi connectivity index (χ4v) is 4.23. The Morgan fingerprint density at radius 2 is 1.08 bits per heavy atom. The van der Waals surface area contributed by atoms with Gasteiger partial charge < -0.3 is 21.3 Å². The molecule has 0 atom stereocenters. The van der Waals surface area contributed by atoms with E-state index in [1.807, 2.05) is 0 Å². The van der Waals surface area contributed by atoms with Gasteiger partial charge in [0, 0.05) is 25.9 Å². The molecule has 2 aliphatic heterocycles. The number of hydrogen-bond acceptors (Lipinski definition) is 4. The summed E-state index contributed by atoms with van der Waals surface area (Å²) in [4.78, 5) is 26.5. The molecule has 6 heteroatoms. The Labute approximate surface area is 152 Å². The predicted molar refractivity (Wildman–Crippen MR) is 99.8 cm³/mol. The minimum absolute atomic E-state index is 0.192. The van der Waals surface area contributed by atoms with E-state index in [1.165, 1.54) is 44.9 Å². The molecular weight excluding hydrogens is 316 g/mol. The zero-order valence-electron chi connectivity index (χ0n) is 15.6. The van der Waals surface area contributed by atoms with Crippen LogP contribution in [0, 0.1) is 11.8 Å². The highest BCUT2D eigenvalue weighted by Gasteiger charge is 2.21. The van der Waals surface area contributed by atoms with Crippen molar-refractivity contribution in [2.75, 3.05) is 39.3 Å². The van der Waals surface area contributed by atoms with Gasteiger partial charge in [-0.25, -0.2) is 0 Å². The lowest BCUT2D eigenvalue weighted by atomic mass is 9.87. The number of hydrogen-bond donors (Lipinski definition) is 2. The number of carbonyl (C=O) groups excluding carboxylic acids is 2. The molecule has 0 unspecified atom stereocenters. The van der Waals surface area contributed by atoms with Crippen LogP contribution < -0.4 is 11.5 Å². The maximum absolute atomic E-state index is 10.9. The van der Waals surface area contributed by atoms with Gasteiger partial charge in [-0.1, -0.05) is 19.3 Å². The quantitative estimate of drug-likeness (QED) is 0.620. The molecule has 25 heavy (non-hydrogen) atoms. The average Bonchev–Trinajstić information content (AvgIpc) is 2.60. The van der Waals surface area contributed by atoms with Crippen molar-refractivity contribution in [1.29, 1.82) is 0 Å². The third-order valence-corrected chi connectivity index (χ3v) is 5.99. The lowest BCUT2D eigenvalue weighted by molar-refractivity contribution is -0.119. The van der Waals surface area contributed by atoms with Crippen LogP contribution in [0.2, 0.25) is 0 Å². The van der Waals surface area contributed by atoms with Crippen LogP contribution in [0.4, 0.5) is 0 Å². The largest absolute Gasteiger partial charge is 0.370 e. The lowest BCUT2D eigenvalue weighted by Crippen LogP contribution is -2.36. The van der Waals surface area contributed by atoms with E-state index < -0.39 is 0 Å². The molecule has 0 saturated carbocycles. The summed E-state index contributed by atoms with van der Waals surface area (Å²) in [6.07, 6.45) is 10.1. The minimum atomic E-state index is -0.192. The molecule has 2 rings (SSSR count). The molecule has 0 bridgehead atoms. The summed E-state index contributed by atoms with van der Waals surface area (Å²) in [5.41, 5.74) is 10.4. The highest BCUT2D eigenvalue weighted by atomic mass is 16.1. The van der Waals surface area contributed by atoms with Gasteiger partial charge in [0.15, 0.2) is 0 Å². The third kappa shape index (κ3) is 8.19. The zero-order chi connectivity index (χ0) is 18.1. The van der Waals surface area contributed by atoms with Crippen LogP contribution >= 0.6 is 0 Å². The van der Waals surface area contributed by atoms with Crippen molar-refractivity contribution < 1.29 is 9.59 Å². The first kappa shape index (κ1) is 20.2. The van der Waals surface area contributed by atoms with Crippen LogP contribution in [0.1, 0.15) is 57.8 Å². The van der Waals surface area contributed by atoms with Crippen molar-refractivity contribution in [3.8, 4) is 0 Å². The molecule has 2 fully saturated rings. The highest BCUT2D eigenvalue weighted by molar-refractivity contribution is 5.74. The molecule has 2 heterocycles. The molecule has 2 aliphatic rings. The molecule has 2 amide bonds. The van der Waals surface area contributed by atoms with Crippen molar-refractivity contribution in [2.45, 2.75) is 57.8 Å². The number of nitrogens with zero attached hydrogens (tertiary/aromatic N) is 2. The smallest absolute Gasteiger partial charge is 0.218 e. The van der Waals surface area contributed by atoms with Crippen molar-refractivity contribution in [3.63, 3.8) is 0 Å². The molecule has 0 aromatic heterocycles. The molecule has 0 aromatic rings. The van der Waals surface area contributed by atoms with Gasteiger partial charge in [-0.05, 0) is 63.7 Å². The second-order valence-corrected chi connectivity index (χ2v) is 7.93. The van der Waals surface area contributed by atoms with Gasteiger partial charge in [0.25, 0.3) is 0 Å². The maximum Gasteiger partial charge on any atom is 0.218 e. The SMILES string of the molecule is NC(=O)CCN1CCC(CCCC2CCN(CCC(N)=O)CC2)CC1. The Morgan fingerprint density at radius 3 is 1.40 bits per heavy atom. The molecule has 0 aliphatic carbocycles.